The van der Waals surface area contributed by atoms with Crippen molar-refractivity contribution in [3.63, 3.8) is 0 Å². The average molecular weight is 378 g/mol. The maximum absolute atomic E-state index is 12.7. The molecule has 1 N–H and O–H groups in total. The molecule has 26 heavy (non-hydrogen) atoms. The fourth-order valence-electron chi connectivity index (χ4n) is 2.47. The zero-order valence-corrected chi connectivity index (χ0v) is 16.6. The molecule has 142 valence electrons. The topological polar surface area (TPSA) is 78.7 Å². The van der Waals surface area contributed by atoms with E-state index in [1.54, 1.807) is 12.1 Å². The van der Waals surface area contributed by atoms with Crippen LogP contribution in [0.2, 0.25) is 0 Å². The number of furan rings is 1. The number of hydrogen-bond donors (Lipinski definition) is 1. The Morgan fingerprint density at radius 2 is 1.96 bits per heavy atom. The second-order valence-electron chi connectivity index (χ2n) is 5.94. The van der Waals surface area contributed by atoms with Gasteiger partial charge in [0.1, 0.15) is 6.54 Å². The lowest BCUT2D eigenvalue weighted by atomic mass is 10.3. The van der Waals surface area contributed by atoms with E-state index in [1.807, 2.05) is 13.8 Å². The SMILES string of the molecule is CCN(CC)CCN(CC(=O)Nc1nc(C)c(C)s1)C(=O)c1ccco1. The first-order valence-corrected chi connectivity index (χ1v) is 9.55. The Morgan fingerprint density at radius 1 is 1.23 bits per heavy atom. The van der Waals surface area contributed by atoms with Crippen LogP contribution in [0.15, 0.2) is 22.8 Å². The zero-order valence-electron chi connectivity index (χ0n) is 15.7. The monoisotopic (exact) mass is 378 g/mol. The minimum absolute atomic E-state index is 0.0432. The van der Waals surface area contributed by atoms with Crippen molar-refractivity contribution in [3.05, 3.63) is 34.7 Å². The van der Waals surface area contributed by atoms with Crippen LogP contribution in [0.1, 0.15) is 35.0 Å². The lowest BCUT2D eigenvalue weighted by molar-refractivity contribution is -0.117. The Hall–Kier alpha value is -2.19. The van der Waals surface area contributed by atoms with E-state index in [4.69, 9.17) is 4.42 Å². The van der Waals surface area contributed by atoms with Crippen molar-refractivity contribution >= 4 is 28.3 Å². The molecule has 0 aliphatic carbocycles. The van der Waals surface area contributed by atoms with Gasteiger partial charge in [-0.1, -0.05) is 13.8 Å². The molecule has 0 bridgehead atoms. The highest BCUT2D eigenvalue weighted by molar-refractivity contribution is 7.15. The normalized spacial score (nSPS) is 11.0. The van der Waals surface area contributed by atoms with Gasteiger partial charge in [0, 0.05) is 18.0 Å². The number of thiazole rings is 1. The molecular formula is C18H26N4O3S. The van der Waals surface area contributed by atoms with Crippen molar-refractivity contribution in [3.8, 4) is 0 Å². The summed E-state index contributed by atoms with van der Waals surface area (Å²) in [4.78, 5) is 34.2. The van der Waals surface area contributed by atoms with Crippen molar-refractivity contribution in [2.75, 3.05) is 38.0 Å². The summed E-state index contributed by atoms with van der Waals surface area (Å²) in [6.07, 6.45) is 1.46. The summed E-state index contributed by atoms with van der Waals surface area (Å²) >= 11 is 1.43. The molecular weight excluding hydrogens is 352 g/mol. The summed E-state index contributed by atoms with van der Waals surface area (Å²) in [5, 5.41) is 3.33. The van der Waals surface area contributed by atoms with E-state index in [1.165, 1.54) is 22.5 Å². The van der Waals surface area contributed by atoms with Gasteiger partial charge in [0.15, 0.2) is 10.9 Å². The molecule has 2 aromatic rings. The van der Waals surface area contributed by atoms with Gasteiger partial charge in [-0.05, 0) is 39.1 Å². The number of nitrogens with one attached hydrogen (secondary N) is 1. The van der Waals surface area contributed by atoms with Gasteiger partial charge in [0.25, 0.3) is 5.91 Å². The summed E-state index contributed by atoms with van der Waals surface area (Å²) in [7, 11) is 0. The number of hydrogen-bond acceptors (Lipinski definition) is 6. The second kappa shape index (κ2) is 9.49. The summed E-state index contributed by atoms with van der Waals surface area (Å²) in [6, 6.07) is 3.27. The molecule has 2 rings (SSSR count). The van der Waals surface area contributed by atoms with E-state index in [-0.39, 0.29) is 24.1 Å². The summed E-state index contributed by atoms with van der Waals surface area (Å²) in [5.41, 5.74) is 0.898. The minimum atomic E-state index is -0.288. The van der Waals surface area contributed by atoms with Crippen molar-refractivity contribution in [2.24, 2.45) is 0 Å². The molecule has 0 aliphatic heterocycles. The number of carbonyl (C=O) groups is 2. The predicted octanol–water partition coefficient (Wildman–Crippen LogP) is 2.78. The average Bonchev–Trinajstić information content (AvgIpc) is 3.24. The maximum atomic E-state index is 12.7. The summed E-state index contributed by atoms with van der Waals surface area (Å²) in [6.45, 7) is 10.9. The molecule has 0 saturated carbocycles. The first kappa shape index (κ1) is 20.1. The third-order valence-corrected chi connectivity index (χ3v) is 5.20. The van der Waals surface area contributed by atoms with Crippen molar-refractivity contribution in [1.82, 2.24) is 14.8 Å². The molecule has 2 aromatic heterocycles. The van der Waals surface area contributed by atoms with E-state index in [0.29, 0.717) is 18.2 Å². The smallest absolute Gasteiger partial charge is 0.290 e. The van der Waals surface area contributed by atoms with Crippen LogP contribution >= 0.6 is 11.3 Å². The van der Waals surface area contributed by atoms with E-state index in [2.05, 4.69) is 29.0 Å². The van der Waals surface area contributed by atoms with Crippen LogP contribution in [-0.4, -0.2) is 59.3 Å². The number of amides is 2. The first-order chi connectivity index (χ1) is 12.4. The third kappa shape index (κ3) is 5.40. The Kier molecular flexibility index (Phi) is 7.35. The largest absolute Gasteiger partial charge is 0.459 e. The van der Waals surface area contributed by atoms with Gasteiger partial charge in [-0.25, -0.2) is 4.98 Å². The first-order valence-electron chi connectivity index (χ1n) is 8.73. The highest BCUT2D eigenvalue weighted by Crippen LogP contribution is 2.21. The Morgan fingerprint density at radius 3 is 2.50 bits per heavy atom. The molecule has 0 radical (unpaired) electrons. The number of anilines is 1. The molecule has 0 fully saturated rings. The predicted molar refractivity (Wildman–Crippen MR) is 103 cm³/mol. The molecule has 0 unspecified atom stereocenters. The summed E-state index contributed by atoms with van der Waals surface area (Å²) < 4.78 is 5.21. The van der Waals surface area contributed by atoms with Gasteiger partial charge in [-0.15, -0.1) is 11.3 Å². The van der Waals surface area contributed by atoms with Crippen LogP contribution in [0.25, 0.3) is 0 Å². The Bertz CT molecular complexity index is 703. The number of aromatic nitrogens is 1. The van der Waals surface area contributed by atoms with Gasteiger partial charge < -0.3 is 19.5 Å². The molecule has 0 atom stereocenters. The molecule has 8 heteroatoms. The number of rotatable bonds is 9. The van der Waals surface area contributed by atoms with Crippen LogP contribution in [0.5, 0.6) is 0 Å². The maximum Gasteiger partial charge on any atom is 0.290 e. The highest BCUT2D eigenvalue weighted by Gasteiger charge is 2.22. The third-order valence-electron chi connectivity index (χ3n) is 4.21. The number of likely N-dealkylation sites (N-methyl/N-ethyl adjacent to an activating group) is 1. The van der Waals surface area contributed by atoms with E-state index < -0.39 is 0 Å². The van der Waals surface area contributed by atoms with Crippen molar-refractivity contribution in [1.29, 1.82) is 0 Å². The van der Waals surface area contributed by atoms with Crippen molar-refractivity contribution in [2.45, 2.75) is 27.7 Å². The van der Waals surface area contributed by atoms with Crippen LogP contribution in [0.3, 0.4) is 0 Å². The number of nitrogens with zero attached hydrogens (tertiary/aromatic N) is 3. The minimum Gasteiger partial charge on any atom is -0.459 e. The second-order valence-corrected chi connectivity index (χ2v) is 7.14. The van der Waals surface area contributed by atoms with E-state index >= 15 is 0 Å². The van der Waals surface area contributed by atoms with E-state index in [9.17, 15) is 9.59 Å². The molecule has 7 nitrogen and oxygen atoms in total. The van der Waals surface area contributed by atoms with E-state index in [0.717, 1.165) is 23.7 Å². The standard InChI is InChI=1S/C18H26N4O3S/c1-5-21(6-2)9-10-22(17(24)15-8-7-11-25-15)12-16(23)20-18-19-13(3)14(4)26-18/h7-8,11H,5-6,9-10,12H2,1-4H3,(H,19,20,23). The molecule has 2 heterocycles. The van der Waals surface area contributed by atoms with Crippen LogP contribution in [0.4, 0.5) is 5.13 Å². The van der Waals surface area contributed by atoms with Gasteiger partial charge in [0.2, 0.25) is 5.91 Å². The van der Waals surface area contributed by atoms with Crippen LogP contribution in [-0.2, 0) is 4.79 Å². The molecule has 0 aliphatic rings. The van der Waals surface area contributed by atoms with Gasteiger partial charge in [-0.2, -0.15) is 0 Å². The highest BCUT2D eigenvalue weighted by atomic mass is 32.1. The fourth-order valence-corrected chi connectivity index (χ4v) is 3.30. The molecule has 0 aromatic carbocycles. The zero-order chi connectivity index (χ0) is 19.1. The van der Waals surface area contributed by atoms with Crippen LogP contribution in [0, 0.1) is 13.8 Å². The van der Waals surface area contributed by atoms with Crippen molar-refractivity contribution < 1.29 is 14.0 Å². The summed E-state index contributed by atoms with van der Waals surface area (Å²) in [5.74, 6) is -0.319. The molecule has 0 spiro atoms. The number of aryl methyl sites for hydroxylation is 2. The van der Waals surface area contributed by atoms with Gasteiger partial charge in [0.05, 0.1) is 12.0 Å². The lowest BCUT2D eigenvalue weighted by Gasteiger charge is -2.25. The van der Waals surface area contributed by atoms with Gasteiger partial charge in [-0.3, -0.25) is 9.59 Å². The lowest BCUT2D eigenvalue weighted by Crippen LogP contribution is -2.42. The molecule has 0 saturated heterocycles. The quantitative estimate of drug-likeness (QED) is 0.726. The Labute approximate surface area is 158 Å². The van der Waals surface area contributed by atoms with Crippen LogP contribution < -0.4 is 5.32 Å². The molecule has 2 amide bonds. The van der Waals surface area contributed by atoms with Gasteiger partial charge >= 0.3 is 0 Å². The number of carbonyl (C=O) groups excluding carboxylic acids is 2. The Balaban J connectivity index is 2.04. The fraction of sp³-hybridized carbons (Fsp3) is 0.500.